The van der Waals surface area contributed by atoms with Gasteiger partial charge in [-0.3, -0.25) is 10.1 Å². The number of nitrogens with zero attached hydrogens (tertiary/aromatic N) is 4. The molecule has 1 aliphatic rings. The standard InChI is InChI=1S/C12H12N4O3/c17-16(18)10-5-3-9(4-6-10)11-13-14-12(19-11)15-7-1-2-8-15/h3-6H,1-2,7-8H2. The topological polar surface area (TPSA) is 85.3 Å². The van der Waals surface area contributed by atoms with Gasteiger partial charge in [0.05, 0.1) is 4.92 Å². The Bertz CT molecular complexity index is 587. The van der Waals surface area contributed by atoms with Crippen molar-refractivity contribution in [2.24, 2.45) is 0 Å². The average Bonchev–Trinajstić information content (AvgIpc) is 3.10. The van der Waals surface area contributed by atoms with Crippen molar-refractivity contribution >= 4 is 11.7 Å². The van der Waals surface area contributed by atoms with Gasteiger partial charge < -0.3 is 9.32 Å². The van der Waals surface area contributed by atoms with Crippen LogP contribution in [0.5, 0.6) is 0 Å². The third-order valence-electron chi connectivity index (χ3n) is 3.12. The lowest BCUT2D eigenvalue weighted by atomic mass is 10.2. The fourth-order valence-corrected chi connectivity index (χ4v) is 2.09. The molecule has 0 radical (unpaired) electrons. The van der Waals surface area contributed by atoms with E-state index < -0.39 is 4.92 Å². The lowest BCUT2D eigenvalue weighted by Gasteiger charge is -2.09. The summed E-state index contributed by atoms with van der Waals surface area (Å²) >= 11 is 0. The van der Waals surface area contributed by atoms with Crippen LogP contribution in [0.3, 0.4) is 0 Å². The molecular formula is C12H12N4O3. The van der Waals surface area contributed by atoms with E-state index in [2.05, 4.69) is 10.2 Å². The summed E-state index contributed by atoms with van der Waals surface area (Å²) in [4.78, 5) is 12.2. The number of aromatic nitrogens is 2. The molecule has 0 unspecified atom stereocenters. The summed E-state index contributed by atoms with van der Waals surface area (Å²) < 4.78 is 5.59. The summed E-state index contributed by atoms with van der Waals surface area (Å²) in [6, 6.07) is 6.59. The van der Waals surface area contributed by atoms with Gasteiger partial charge in [-0.05, 0) is 25.0 Å². The van der Waals surface area contributed by atoms with Crippen LogP contribution in [0.1, 0.15) is 12.8 Å². The first-order chi connectivity index (χ1) is 9.24. The molecule has 0 amide bonds. The minimum absolute atomic E-state index is 0.0445. The molecule has 0 atom stereocenters. The van der Waals surface area contributed by atoms with Gasteiger partial charge in [0.25, 0.3) is 5.69 Å². The van der Waals surface area contributed by atoms with Crippen LogP contribution in [0.4, 0.5) is 11.7 Å². The fraction of sp³-hybridized carbons (Fsp3) is 0.333. The van der Waals surface area contributed by atoms with E-state index in [1.54, 1.807) is 12.1 Å². The Balaban J connectivity index is 1.83. The summed E-state index contributed by atoms with van der Waals surface area (Å²) in [5.41, 5.74) is 0.728. The monoisotopic (exact) mass is 260 g/mol. The average molecular weight is 260 g/mol. The summed E-state index contributed by atoms with van der Waals surface area (Å²) in [6.07, 6.45) is 2.27. The SMILES string of the molecule is O=[N+]([O-])c1ccc(-c2nnc(N3CCCC3)o2)cc1. The molecule has 0 saturated carbocycles. The number of nitro benzene ring substituents is 1. The number of anilines is 1. The van der Waals surface area contributed by atoms with Gasteiger partial charge in [0.1, 0.15) is 0 Å². The van der Waals surface area contributed by atoms with Crippen LogP contribution in [-0.2, 0) is 0 Å². The molecule has 7 heteroatoms. The molecule has 1 aromatic heterocycles. The van der Waals surface area contributed by atoms with Crippen molar-refractivity contribution in [2.45, 2.75) is 12.8 Å². The highest BCUT2D eigenvalue weighted by atomic mass is 16.6. The minimum Gasteiger partial charge on any atom is -0.403 e. The Morgan fingerprint density at radius 1 is 1.16 bits per heavy atom. The van der Waals surface area contributed by atoms with Gasteiger partial charge >= 0.3 is 6.01 Å². The number of benzene rings is 1. The summed E-state index contributed by atoms with van der Waals surface area (Å²) in [5, 5.41) is 18.6. The predicted molar refractivity (Wildman–Crippen MR) is 67.8 cm³/mol. The molecule has 1 aromatic carbocycles. The second-order valence-electron chi connectivity index (χ2n) is 4.39. The van der Waals surface area contributed by atoms with Crippen LogP contribution in [-0.4, -0.2) is 28.2 Å². The van der Waals surface area contributed by atoms with Crippen molar-refractivity contribution in [3.05, 3.63) is 34.4 Å². The lowest BCUT2D eigenvalue weighted by Crippen LogP contribution is -2.17. The predicted octanol–water partition coefficient (Wildman–Crippen LogP) is 2.25. The van der Waals surface area contributed by atoms with E-state index in [9.17, 15) is 10.1 Å². The maximum atomic E-state index is 10.6. The Labute approximate surface area is 109 Å². The third kappa shape index (κ3) is 2.26. The first kappa shape index (κ1) is 11.6. The highest BCUT2D eigenvalue weighted by Gasteiger charge is 2.19. The number of hydrogen-bond donors (Lipinski definition) is 0. The minimum atomic E-state index is -0.437. The molecule has 19 heavy (non-hydrogen) atoms. The Morgan fingerprint density at radius 2 is 1.84 bits per heavy atom. The first-order valence-corrected chi connectivity index (χ1v) is 6.07. The number of nitro groups is 1. The maximum absolute atomic E-state index is 10.6. The van der Waals surface area contributed by atoms with Crippen molar-refractivity contribution < 1.29 is 9.34 Å². The van der Waals surface area contributed by atoms with Crippen molar-refractivity contribution in [1.82, 2.24) is 10.2 Å². The molecule has 2 aromatic rings. The molecule has 98 valence electrons. The summed E-state index contributed by atoms with van der Waals surface area (Å²) in [6.45, 7) is 1.86. The third-order valence-corrected chi connectivity index (χ3v) is 3.12. The number of non-ortho nitro benzene ring substituents is 1. The van der Waals surface area contributed by atoms with E-state index in [0.29, 0.717) is 17.5 Å². The highest BCUT2D eigenvalue weighted by molar-refractivity contribution is 5.56. The summed E-state index contributed by atoms with van der Waals surface area (Å²) in [7, 11) is 0. The van der Waals surface area contributed by atoms with Gasteiger partial charge in [0.2, 0.25) is 5.89 Å². The van der Waals surface area contributed by atoms with Gasteiger partial charge in [0, 0.05) is 30.8 Å². The molecule has 0 bridgehead atoms. The van der Waals surface area contributed by atoms with Crippen molar-refractivity contribution in [3.8, 4) is 11.5 Å². The molecule has 1 fully saturated rings. The van der Waals surface area contributed by atoms with Crippen LogP contribution >= 0.6 is 0 Å². The number of rotatable bonds is 3. The second-order valence-corrected chi connectivity index (χ2v) is 4.39. The Kier molecular flexibility index (Phi) is 2.86. The molecule has 0 N–H and O–H groups in total. The Morgan fingerprint density at radius 3 is 2.47 bits per heavy atom. The van der Waals surface area contributed by atoms with Crippen LogP contribution < -0.4 is 4.90 Å². The first-order valence-electron chi connectivity index (χ1n) is 6.07. The van der Waals surface area contributed by atoms with Gasteiger partial charge in [-0.25, -0.2) is 0 Å². The zero-order valence-electron chi connectivity index (χ0n) is 10.2. The quantitative estimate of drug-likeness (QED) is 0.621. The van der Waals surface area contributed by atoms with E-state index in [1.165, 1.54) is 12.1 Å². The molecule has 3 rings (SSSR count). The molecule has 7 nitrogen and oxygen atoms in total. The normalized spacial score (nSPS) is 14.8. The van der Waals surface area contributed by atoms with Gasteiger partial charge in [-0.1, -0.05) is 5.10 Å². The lowest BCUT2D eigenvalue weighted by molar-refractivity contribution is -0.384. The molecule has 0 spiro atoms. The maximum Gasteiger partial charge on any atom is 0.318 e. The molecule has 2 heterocycles. The van der Waals surface area contributed by atoms with Gasteiger partial charge in [-0.2, -0.15) is 0 Å². The molecule has 0 aliphatic carbocycles. The zero-order chi connectivity index (χ0) is 13.2. The highest BCUT2D eigenvalue weighted by Crippen LogP contribution is 2.25. The van der Waals surface area contributed by atoms with Crippen molar-refractivity contribution in [2.75, 3.05) is 18.0 Å². The zero-order valence-corrected chi connectivity index (χ0v) is 10.2. The van der Waals surface area contributed by atoms with Crippen molar-refractivity contribution in [1.29, 1.82) is 0 Å². The van der Waals surface area contributed by atoms with E-state index in [4.69, 9.17) is 4.42 Å². The summed E-state index contributed by atoms with van der Waals surface area (Å²) in [5.74, 6) is 0.386. The van der Waals surface area contributed by atoms with Crippen LogP contribution in [0, 0.1) is 10.1 Å². The van der Waals surface area contributed by atoms with E-state index in [1.807, 2.05) is 4.90 Å². The molecule has 1 saturated heterocycles. The van der Waals surface area contributed by atoms with E-state index in [-0.39, 0.29) is 5.69 Å². The van der Waals surface area contributed by atoms with Gasteiger partial charge in [0.15, 0.2) is 0 Å². The fourth-order valence-electron chi connectivity index (χ4n) is 2.09. The second kappa shape index (κ2) is 4.68. The van der Waals surface area contributed by atoms with E-state index in [0.717, 1.165) is 25.9 Å². The van der Waals surface area contributed by atoms with Crippen LogP contribution in [0.25, 0.3) is 11.5 Å². The number of hydrogen-bond acceptors (Lipinski definition) is 6. The Hall–Kier alpha value is -2.44. The molecule has 1 aliphatic heterocycles. The van der Waals surface area contributed by atoms with Crippen LogP contribution in [0.15, 0.2) is 28.7 Å². The smallest absolute Gasteiger partial charge is 0.318 e. The van der Waals surface area contributed by atoms with Gasteiger partial charge in [-0.15, -0.1) is 5.10 Å². The van der Waals surface area contributed by atoms with E-state index >= 15 is 0 Å². The van der Waals surface area contributed by atoms with Crippen LogP contribution in [0.2, 0.25) is 0 Å². The molecular weight excluding hydrogens is 248 g/mol. The van der Waals surface area contributed by atoms with Crippen molar-refractivity contribution in [3.63, 3.8) is 0 Å². The largest absolute Gasteiger partial charge is 0.403 e.